The Balaban J connectivity index is 1.72. The normalized spacial score (nSPS) is 20.1. The van der Waals surface area contributed by atoms with Crippen LogP contribution in [-0.2, 0) is 0 Å². The summed E-state index contributed by atoms with van der Waals surface area (Å²) in [5.41, 5.74) is 2.06. The number of amides is 2. The number of rotatable bonds is 4. The molecule has 2 atom stereocenters. The number of hydrogen-bond donors (Lipinski definition) is 2. The van der Waals surface area contributed by atoms with E-state index < -0.39 is 0 Å². The van der Waals surface area contributed by atoms with Gasteiger partial charge >= 0.3 is 0 Å². The molecule has 0 unspecified atom stereocenters. The zero-order chi connectivity index (χ0) is 17.8. The number of benzene rings is 1. The molecule has 1 aromatic carbocycles. The topological polar surface area (TPSA) is 71.3 Å². The molecule has 2 N–H and O–H groups in total. The summed E-state index contributed by atoms with van der Waals surface area (Å²) in [5, 5.41) is 5.95. The average Bonchev–Trinajstić information content (AvgIpc) is 3.13. The minimum atomic E-state index is -0.327. The van der Waals surface area contributed by atoms with Crippen LogP contribution >= 0.6 is 0 Å². The first-order valence-corrected chi connectivity index (χ1v) is 8.81. The molecule has 0 spiro atoms. The van der Waals surface area contributed by atoms with Crippen LogP contribution in [0.3, 0.4) is 0 Å². The van der Waals surface area contributed by atoms with Gasteiger partial charge in [0.15, 0.2) is 5.76 Å². The molecule has 1 aliphatic rings. The molecule has 1 heterocycles. The Kier molecular flexibility index (Phi) is 5.22. The van der Waals surface area contributed by atoms with E-state index in [0.29, 0.717) is 17.2 Å². The monoisotopic (exact) mass is 340 g/mol. The third kappa shape index (κ3) is 4.10. The summed E-state index contributed by atoms with van der Waals surface area (Å²) in [4.78, 5) is 24.8. The molecule has 132 valence electrons. The summed E-state index contributed by atoms with van der Waals surface area (Å²) in [6.07, 6.45) is 6.04. The van der Waals surface area contributed by atoms with Crippen LogP contribution < -0.4 is 10.6 Å². The van der Waals surface area contributed by atoms with Crippen molar-refractivity contribution in [2.24, 2.45) is 5.92 Å². The summed E-state index contributed by atoms with van der Waals surface area (Å²) in [6.45, 7) is 4.08. The molecule has 2 amide bonds. The van der Waals surface area contributed by atoms with Crippen molar-refractivity contribution in [1.82, 2.24) is 5.32 Å². The quantitative estimate of drug-likeness (QED) is 0.878. The maximum atomic E-state index is 12.6. The van der Waals surface area contributed by atoms with Crippen LogP contribution in [0.2, 0.25) is 0 Å². The Morgan fingerprint density at radius 3 is 2.64 bits per heavy atom. The van der Waals surface area contributed by atoms with Gasteiger partial charge < -0.3 is 15.1 Å². The first kappa shape index (κ1) is 17.3. The van der Waals surface area contributed by atoms with Gasteiger partial charge in [-0.15, -0.1) is 0 Å². The van der Waals surface area contributed by atoms with E-state index in [2.05, 4.69) is 17.6 Å². The number of furan rings is 1. The highest BCUT2D eigenvalue weighted by Gasteiger charge is 2.23. The minimum absolute atomic E-state index is 0.0905. The Labute approximate surface area is 147 Å². The van der Waals surface area contributed by atoms with E-state index in [1.54, 1.807) is 24.3 Å². The van der Waals surface area contributed by atoms with Gasteiger partial charge in [0.05, 0.1) is 6.26 Å². The molecule has 1 aromatic heterocycles. The molecule has 3 rings (SSSR count). The Hall–Kier alpha value is -2.56. The molecular weight excluding hydrogens is 316 g/mol. The molecule has 0 bridgehead atoms. The van der Waals surface area contributed by atoms with E-state index in [4.69, 9.17) is 4.42 Å². The number of anilines is 1. The van der Waals surface area contributed by atoms with Crippen molar-refractivity contribution < 1.29 is 14.0 Å². The smallest absolute Gasteiger partial charge is 0.291 e. The van der Waals surface area contributed by atoms with E-state index in [9.17, 15) is 9.59 Å². The van der Waals surface area contributed by atoms with Crippen molar-refractivity contribution in [2.75, 3.05) is 5.32 Å². The first-order chi connectivity index (χ1) is 12.0. The van der Waals surface area contributed by atoms with Gasteiger partial charge in [-0.2, -0.15) is 0 Å². The SMILES string of the molecule is Cc1ccc(C(=O)N[C@@H]2CCCC[C@H]2C)cc1NC(=O)c1ccco1. The molecule has 0 saturated heterocycles. The first-order valence-electron chi connectivity index (χ1n) is 8.81. The summed E-state index contributed by atoms with van der Waals surface area (Å²) in [5.74, 6) is 0.324. The van der Waals surface area contributed by atoms with Crippen molar-refractivity contribution >= 4 is 17.5 Å². The fourth-order valence-electron chi connectivity index (χ4n) is 3.27. The van der Waals surface area contributed by atoms with Gasteiger partial charge in [0.2, 0.25) is 0 Å². The van der Waals surface area contributed by atoms with Gasteiger partial charge in [-0.05, 0) is 55.5 Å². The maximum absolute atomic E-state index is 12.6. The summed E-state index contributed by atoms with van der Waals surface area (Å²) in [6, 6.07) is 8.85. The average molecular weight is 340 g/mol. The third-order valence-electron chi connectivity index (χ3n) is 4.92. The van der Waals surface area contributed by atoms with E-state index in [0.717, 1.165) is 24.8 Å². The van der Waals surface area contributed by atoms with Crippen LogP contribution in [0.4, 0.5) is 5.69 Å². The second-order valence-corrected chi connectivity index (χ2v) is 6.80. The molecule has 1 saturated carbocycles. The van der Waals surface area contributed by atoms with Crippen LogP contribution in [-0.4, -0.2) is 17.9 Å². The largest absolute Gasteiger partial charge is 0.459 e. The standard InChI is InChI=1S/C20H24N2O3/c1-13-6-3-4-7-16(13)21-19(23)15-10-9-14(2)17(12-15)22-20(24)18-8-5-11-25-18/h5,8-13,16H,3-4,6-7H2,1-2H3,(H,21,23)(H,22,24)/t13-,16-/m1/s1. The van der Waals surface area contributed by atoms with Crippen LogP contribution in [0.1, 0.15) is 59.1 Å². The van der Waals surface area contributed by atoms with Crippen molar-refractivity contribution in [3.63, 3.8) is 0 Å². The van der Waals surface area contributed by atoms with Crippen LogP contribution in [0.25, 0.3) is 0 Å². The molecular formula is C20H24N2O3. The van der Waals surface area contributed by atoms with Crippen molar-refractivity contribution in [2.45, 2.75) is 45.6 Å². The van der Waals surface area contributed by atoms with Gasteiger partial charge in [-0.1, -0.05) is 25.8 Å². The lowest BCUT2D eigenvalue weighted by atomic mass is 9.86. The number of carbonyl (C=O) groups excluding carboxylic acids is 2. The Bertz CT molecular complexity index is 752. The number of aryl methyl sites for hydroxylation is 1. The minimum Gasteiger partial charge on any atom is -0.459 e. The number of hydrogen-bond acceptors (Lipinski definition) is 3. The van der Waals surface area contributed by atoms with Gasteiger partial charge in [0.25, 0.3) is 11.8 Å². The molecule has 1 aliphatic carbocycles. The predicted octanol–water partition coefficient (Wildman–Crippen LogP) is 4.15. The van der Waals surface area contributed by atoms with E-state index in [1.807, 2.05) is 13.0 Å². The Morgan fingerprint density at radius 2 is 1.92 bits per heavy atom. The van der Waals surface area contributed by atoms with Gasteiger partial charge in [-0.3, -0.25) is 9.59 Å². The van der Waals surface area contributed by atoms with Crippen LogP contribution in [0.5, 0.6) is 0 Å². The molecule has 1 fully saturated rings. The maximum Gasteiger partial charge on any atom is 0.291 e. The van der Waals surface area contributed by atoms with Crippen molar-refractivity contribution in [3.05, 3.63) is 53.5 Å². The van der Waals surface area contributed by atoms with Gasteiger partial charge in [-0.25, -0.2) is 0 Å². The summed E-state index contributed by atoms with van der Waals surface area (Å²) in [7, 11) is 0. The van der Waals surface area contributed by atoms with Crippen LogP contribution in [0, 0.1) is 12.8 Å². The second kappa shape index (κ2) is 7.55. The fourth-order valence-corrected chi connectivity index (χ4v) is 3.27. The van der Waals surface area contributed by atoms with Crippen molar-refractivity contribution in [1.29, 1.82) is 0 Å². The van der Waals surface area contributed by atoms with Crippen LogP contribution in [0.15, 0.2) is 41.0 Å². The zero-order valence-corrected chi connectivity index (χ0v) is 14.7. The molecule has 0 aliphatic heterocycles. The zero-order valence-electron chi connectivity index (χ0n) is 14.7. The van der Waals surface area contributed by atoms with E-state index in [-0.39, 0.29) is 23.6 Å². The molecule has 0 radical (unpaired) electrons. The second-order valence-electron chi connectivity index (χ2n) is 6.80. The highest BCUT2D eigenvalue weighted by molar-refractivity contribution is 6.03. The highest BCUT2D eigenvalue weighted by atomic mass is 16.3. The van der Waals surface area contributed by atoms with Crippen molar-refractivity contribution in [3.8, 4) is 0 Å². The predicted molar refractivity (Wildman–Crippen MR) is 96.7 cm³/mol. The van der Waals surface area contributed by atoms with Gasteiger partial charge in [0, 0.05) is 17.3 Å². The lowest BCUT2D eigenvalue weighted by Crippen LogP contribution is -2.41. The molecule has 5 nitrogen and oxygen atoms in total. The van der Waals surface area contributed by atoms with E-state index >= 15 is 0 Å². The fraction of sp³-hybridized carbons (Fsp3) is 0.400. The highest BCUT2D eigenvalue weighted by Crippen LogP contribution is 2.24. The molecule has 2 aromatic rings. The molecule has 5 heteroatoms. The van der Waals surface area contributed by atoms with Gasteiger partial charge in [0.1, 0.15) is 0 Å². The lowest BCUT2D eigenvalue weighted by Gasteiger charge is -2.29. The third-order valence-corrected chi connectivity index (χ3v) is 4.92. The summed E-state index contributed by atoms with van der Waals surface area (Å²) >= 11 is 0. The van der Waals surface area contributed by atoms with E-state index in [1.165, 1.54) is 12.7 Å². The number of nitrogens with one attached hydrogen (secondary N) is 2. The number of carbonyl (C=O) groups is 2. The Morgan fingerprint density at radius 1 is 1.12 bits per heavy atom. The molecule has 25 heavy (non-hydrogen) atoms. The lowest BCUT2D eigenvalue weighted by molar-refractivity contribution is 0.0909. The summed E-state index contributed by atoms with van der Waals surface area (Å²) < 4.78 is 5.11.